The lowest BCUT2D eigenvalue weighted by molar-refractivity contribution is 0.587. The molecule has 1 N–H and O–H groups in total. The van der Waals surface area contributed by atoms with Crippen molar-refractivity contribution in [1.82, 2.24) is 20.1 Å². The van der Waals surface area contributed by atoms with E-state index in [1.165, 1.54) is 5.56 Å². The summed E-state index contributed by atoms with van der Waals surface area (Å²) < 4.78 is 2.75. The molecule has 0 atom stereocenters. The van der Waals surface area contributed by atoms with Gasteiger partial charge in [-0.15, -0.1) is 0 Å². The minimum atomic E-state index is 0.473. The summed E-state index contributed by atoms with van der Waals surface area (Å²) in [4.78, 5) is 4.61. The van der Waals surface area contributed by atoms with Crippen LogP contribution in [0.1, 0.15) is 32.0 Å². The molecule has 0 aliphatic heterocycles. The van der Waals surface area contributed by atoms with Gasteiger partial charge in [0.25, 0.3) is 0 Å². The van der Waals surface area contributed by atoms with Crippen molar-refractivity contribution in [1.29, 1.82) is 0 Å². The molecule has 2 rings (SSSR count). The predicted octanol–water partition coefficient (Wildman–Crippen LogP) is 3.09. The second-order valence-corrected chi connectivity index (χ2v) is 5.73. The van der Waals surface area contributed by atoms with Gasteiger partial charge in [0.1, 0.15) is 0 Å². The van der Waals surface area contributed by atoms with E-state index in [2.05, 4.69) is 64.2 Å². The first-order valence-corrected chi connectivity index (χ1v) is 7.31. The van der Waals surface area contributed by atoms with Crippen molar-refractivity contribution in [2.24, 2.45) is 0 Å². The zero-order valence-electron chi connectivity index (χ0n) is 11.5. The molecule has 0 bridgehead atoms. The average molecular weight is 323 g/mol. The van der Waals surface area contributed by atoms with Gasteiger partial charge in [-0.25, -0.2) is 9.67 Å². The van der Waals surface area contributed by atoms with Crippen LogP contribution in [0.5, 0.6) is 0 Å². The maximum Gasteiger partial charge on any atom is 0.153 e. The molecule has 5 heteroatoms. The summed E-state index contributed by atoms with van der Waals surface area (Å²) >= 11 is 3.41. The number of nitrogens with zero attached hydrogens (tertiary/aromatic N) is 3. The minimum absolute atomic E-state index is 0.473. The lowest BCUT2D eigenvalue weighted by Crippen LogP contribution is -2.22. The highest BCUT2D eigenvalue weighted by Gasteiger charge is 2.06. The van der Waals surface area contributed by atoms with Crippen LogP contribution in [0, 0.1) is 0 Å². The number of rotatable bonds is 5. The van der Waals surface area contributed by atoms with Crippen LogP contribution in [-0.2, 0) is 13.0 Å². The lowest BCUT2D eigenvalue weighted by Gasteiger charge is -2.11. The van der Waals surface area contributed by atoms with Crippen molar-refractivity contribution in [3.8, 4) is 5.82 Å². The molecule has 2 heterocycles. The van der Waals surface area contributed by atoms with Gasteiger partial charge in [0.05, 0.1) is 10.7 Å². The number of aryl methyl sites for hydroxylation is 1. The fourth-order valence-electron chi connectivity index (χ4n) is 1.78. The van der Waals surface area contributed by atoms with E-state index in [0.29, 0.717) is 6.04 Å². The summed E-state index contributed by atoms with van der Waals surface area (Å²) in [5, 5.41) is 7.71. The minimum Gasteiger partial charge on any atom is -0.310 e. The Morgan fingerprint density at radius 2 is 2.16 bits per heavy atom. The second-order valence-electron chi connectivity index (χ2n) is 4.82. The topological polar surface area (TPSA) is 42.7 Å². The Balaban J connectivity index is 2.30. The average Bonchev–Trinajstić information content (AvgIpc) is 2.82. The van der Waals surface area contributed by atoms with Crippen LogP contribution in [0.3, 0.4) is 0 Å². The third kappa shape index (κ3) is 3.88. The normalized spacial score (nSPS) is 11.2. The van der Waals surface area contributed by atoms with Crippen LogP contribution in [0.15, 0.2) is 29.0 Å². The third-order valence-electron chi connectivity index (χ3n) is 2.79. The highest BCUT2D eigenvalue weighted by molar-refractivity contribution is 9.10. The van der Waals surface area contributed by atoms with Crippen molar-refractivity contribution in [2.75, 3.05) is 0 Å². The first-order valence-electron chi connectivity index (χ1n) is 6.52. The molecule has 2 aromatic heterocycles. The quantitative estimate of drug-likeness (QED) is 0.919. The number of hydrogen-bond donors (Lipinski definition) is 1. The summed E-state index contributed by atoms with van der Waals surface area (Å²) in [6.45, 7) is 7.26. The molecule has 0 unspecified atom stereocenters. The monoisotopic (exact) mass is 322 g/mol. The van der Waals surface area contributed by atoms with Gasteiger partial charge < -0.3 is 5.32 Å². The molecule has 0 saturated heterocycles. The first-order chi connectivity index (χ1) is 9.08. The van der Waals surface area contributed by atoms with E-state index in [4.69, 9.17) is 0 Å². The summed E-state index contributed by atoms with van der Waals surface area (Å²) in [6.07, 6.45) is 4.61. The smallest absolute Gasteiger partial charge is 0.153 e. The molecule has 0 amide bonds. The van der Waals surface area contributed by atoms with Crippen molar-refractivity contribution >= 4 is 15.9 Å². The summed E-state index contributed by atoms with van der Waals surface area (Å²) in [7, 11) is 0. The zero-order valence-corrected chi connectivity index (χ0v) is 13.1. The SMILES string of the molecule is CCc1cc(CNC(C)C)cc(-n2cc(Br)cn2)n1. The molecule has 2 aromatic rings. The fraction of sp³-hybridized carbons (Fsp3) is 0.429. The van der Waals surface area contributed by atoms with Crippen LogP contribution in [-0.4, -0.2) is 20.8 Å². The zero-order chi connectivity index (χ0) is 13.8. The number of hydrogen-bond acceptors (Lipinski definition) is 3. The Bertz CT molecular complexity index is 548. The molecule has 0 aromatic carbocycles. The number of aromatic nitrogens is 3. The van der Waals surface area contributed by atoms with Crippen molar-refractivity contribution < 1.29 is 0 Å². The Kier molecular flexibility index (Phi) is 4.71. The molecule has 0 saturated carbocycles. The van der Waals surface area contributed by atoms with Gasteiger partial charge >= 0.3 is 0 Å². The Morgan fingerprint density at radius 1 is 1.37 bits per heavy atom. The second kappa shape index (κ2) is 6.30. The van der Waals surface area contributed by atoms with E-state index in [1.807, 2.05) is 6.20 Å². The largest absolute Gasteiger partial charge is 0.310 e. The molecule has 0 aliphatic carbocycles. The molecule has 0 aliphatic rings. The Morgan fingerprint density at radius 3 is 2.74 bits per heavy atom. The van der Waals surface area contributed by atoms with Crippen LogP contribution in [0.4, 0.5) is 0 Å². The molecule has 4 nitrogen and oxygen atoms in total. The van der Waals surface area contributed by atoms with E-state index in [0.717, 1.165) is 29.0 Å². The van der Waals surface area contributed by atoms with Crippen molar-refractivity contribution in [3.05, 3.63) is 40.3 Å². The van der Waals surface area contributed by atoms with E-state index in [1.54, 1.807) is 10.9 Å². The van der Waals surface area contributed by atoms with Gasteiger partial charge in [-0.3, -0.25) is 0 Å². The van der Waals surface area contributed by atoms with E-state index in [9.17, 15) is 0 Å². The number of nitrogens with one attached hydrogen (secondary N) is 1. The third-order valence-corrected chi connectivity index (χ3v) is 3.20. The molecular weight excluding hydrogens is 304 g/mol. The fourth-order valence-corrected chi connectivity index (χ4v) is 2.07. The van der Waals surface area contributed by atoms with Gasteiger partial charge in [0.2, 0.25) is 0 Å². The van der Waals surface area contributed by atoms with Crippen LogP contribution in [0.2, 0.25) is 0 Å². The van der Waals surface area contributed by atoms with Crippen LogP contribution < -0.4 is 5.32 Å². The molecule has 19 heavy (non-hydrogen) atoms. The van der Waals surface area contributed by atoms with Gasteiger partial charge in [-0.1, -0.05) is 20.8 Å². The highest BCUT2D eigenvalue weighted by Crippen LogP contribution is 2.14. The molecule has 0 fully saturated rings. The molecule has 102 valence electrons. The van der Waals surface area contributed by atoms with E-state index in [-0.39, 0.29) is 0 Å². The van der Waals surface area contributed by atoms with Crippen LogP contribution in [0.25, 0.3) is 5.82 Å². The maximum atomic E-state index is 4.61. The molecule has 0 spiro atoms. The predicted molar refractivity (Wildman–Crippen MR) is 80.4 cm³/mol. The van der Waals surface area contributed by atoms with Crippen LogP contribution >= 0.6 is 15.9 Å². The van der Waals surface area contributed by atoms with Gasteiger partial charge in [0, 0.05) is 24.5 Å². The van der Waals surface area contributed by atoms with Crippen molar-refractivity contribution in [3.63, 3.8) is 0 Å². The standard InChI is InChI=1S/C14H19BrN4/c1-4-13-5-11(7-16-10(2)3)6-14(18-13)19-9-12(15)8-17-19/h5-6,8-10,16H,4,7H2,1-3H3. The summed E-state index contributed by atoms with van der Waals surface area (Å²) in [5.74, 6) is 0.866. The summed E-state index contributed by atoms with van der Waals surface area (Å²) in [6, 6.07) is 4.70. The molecule has 0 radical (unpaired) electrons. The Hall–Kier alpha value is -1.20. The first kappa shape index (κ1) is 14.2. The maximum absolute atomic E-state index is 4.61. The van der Waals surface area contributed by atoms with Crippen molar-refractivity contribution in [2.45, 2.75) is 39.8 Å². The number of pyridine rings is 1. The van der Waals surface area contributed by atoms with Gasteiger partial charge in [0.15, 0.2) is 5.82 Å². The Labute approximate surface area is 122 Å². The van der Waals surface area contributed by atoms with E-state index >= 15 is 0 Å². The number of halogens is 1. The van der Waals surface area contributed by atoms with Gasteiger partial charge in [-0.2, -0.15) is 5.10 Å². The lowest BCUT2D eigenvalue weighted by atomic mass is 10.2. The van der Waals surface area contributed by atoms with E-state index < -0.39 is 0 Å². The summed E-state index contributed by atoms with van der Waals surface area (Å²) in [5.41, 5.74) is 2.33. The highest BCUT2D eigenvalue weighted by atomic mass is 79.9. The molecular formula is C14H19BrN4. The van der Waals surface area contributed by atoms with Gasteiger partial charge in [-0.05, 0) is 40.0 Å².